The number of nitrogens with zero attached hydrogens (tertiary/aromatic N) is 1. The predicted molar refractivity (Wildman–Crippen MR) is 62.2 cm³/mol. The molecule has 2 rings (SSSR count). The zero-order chi connectivity index (χ0) is 10.8. The van der Waals surface area contributed by atoms with Crippen LogP contribution in [0.3, 0.4) is 0 Å². The van der Waals surface area contributed by atoms with E-state index in [0.717, 1.165) is 28.3 Å². The Morgan fingerprint density at radius 1 is 1.60 bits per heavy atom. The summed E-state index contributed by atoms with van der Waals surface area (Å²) in [6.07, 6.45) is 0.873. The third-order valence-electron chi connectivity index (χ3n) is 2.31. The molecule has 0 aromatic carbocycles. The van der Waals surface area contributed by atoms with Gasteiger partial charge >= 0.3 is 0 Å². The van der Waals surface area contributed by atoms with E-state index < -0.39 is 0 Å². The van der Waals surface area contributed by atoms with Crippen molar-refractivity contribution in [2.45, 2.75) is 13.3 Å². The van der Waals surface area contributed by atoms with Crippen molar-refractivity contribution in [2.24, 2.45) is 0 Å². The summed E-state index contributed by atoms with van der Waals surface area (Å²) in [5.41, 5.74) is 7.83. The van der Waals surface area contributed by atoms with Gasteiger partial charge in [0, 0.05) is 17.0 Å². The summed E-state index contributed by atoms with van der Waals surface area (Å²) in [4.78, 5) is 1.10. The average Bonchev–Trinajstić information content (AvgIpc) is 2.83. The van der Waals surface area contributed by atoms with Gasteiger partial charge in [0.2, 0.25) is 0 Å². The Labute approximate surface area is 92.1 Å². The van der Waals surface area contributed by atoms with Crippen molar-refractivity contribution in [3.63, 3.8) is 0 Å². The Morgan fingerprint density at radius 3 is 3.00 bits per heavy atom. The SMILES string of the molecule is CCc1c(N)n[nH]c1-c1cc(OC)cs1. The van der Waals surface area contributed by atoms with Gasteiger partial charge in [0.1, 0.15) is 11.6 Å². The molecular formula is C10H13N3OS. The fourth-order valence-electron chi connectivity index (χ4n) is 1.50. The molecule has 5 heteroatoms. The summed E-state index contributed by atoms with van der Waals surface area (Å²) >= 11 is 1.62. The molecule has 15 heavy (non-hydrogen) atoms. The van der Waals surface area contributed by atoms with E-state index in [-0.39, 0.29) is 0 Å². The second kappa shape index (κ2) is 3.94. The van der Waals surface area contributed by atoms with Gasteiger partial charge in [0.05, 0.1) is 17.7 Å². The van der Waals surface area contributed by atoms with E-state index in [4.69, 9.17) is 10.5 Å². The number of hydrogen-bond donors (Lipinski definition) is 2. The Hall–Kier alpha value is -1.49. The third kappa shape index (κ3) is 1.70. The van der Waals surface area contributed by atoms with Crippen molar-refractivity contribution in [2.75, 3.05) is 12.8 Å². The van der Waals surface area contributed by atoms with Gasteiger partial charge in [-0.15, -0.1) is 11.3 Å². The summed E-state index contributed by atoms with van der Waals surface area (Å²) in [6.45, 7) is 2.07. The lowest BCUT2D eigenvalue weighted by atomic mass is 10.1. The van der Waals surface area contributed by atoms with Crippen LogP contribution >= 0.6 is 11.3 Å². The zero-order valence-electron chi connectivity index (χ0n) is 8.70. The molecule has 4 nitrogen and oxygen atoms in total. The largest absolute Gasteiger partial charge is 0.496 e. The average molecular weight is 223 g/mol. The molecule has 0 atom stereocenters. The van der Waals surface area contributed by atoms with Crippen molar-refractivity contribution >= 4 is 17.2 Å². The zero-order valence-corrected chi connectivity index (χ0v) is 9.52. The highest BCUT2D eigenvalue weighted by Gasteiger charge is 2.12. The number of anilines is 1. The topological polar surface area (TPSA) is 63.9 Å². The molecule has 0 radical (unpaired) electrons. The van der Waals surface area contributed by atoms with Crippen LogP contribution in [0.25, 0.3) is 10.6 Å². The first kappa shape index (κ1) is 10.0. The molecule has 0 fully saturated rings. The maximum absolute atomic E-state index is 5.76. The number of aromatic amines is 1. The number of H-pyrrole nitrogens is 1. The Bertz CT molecular complexity index is 461. The summed E-state index contributed by atoms with van der Waals surface area (Å²) in [6, 6.07) is 1.98. The van der Waals surface area contributed by atoms with Gasteiger partial charge < -0.3 is 10.5 Å². The van der Waals surface area contributed by atoms with E-state index in [1.807, 2.05) is 11.4 Å². The lowest BCUT2D eigenvalue weighted by Crippen LogP contribution is -1.90. The standard InChI is InChI=1S/C10H13N3OS/c1-3-7-9(12-13-10(7)11)8-4-6(14-2)5-15-8/h4-5H,3H2,1-2H3,(H3,11,12,13). The van der Waals surface area contributed by atoms with Crippen LogP contribution in [0.15, 0.2) is 11.4 Å². The number of hydrogen-bond acceptors (Lipinski definition) is 4. The number of ether oxygens (including phenoxy) is 1. The van der Waals surface area contributed by atoms with Gasteiger partial charge in [-0.05, 0) is 6.42 Å². The Kier molecular flexibility index (Phi) is 2.64. The lowest BCUT2D eigenvalue weighted by molar-refractivity contribution is 0.417. The first-order valence-corrected chi connectivity index (χ1v) is 5.59. The van der Waals surface area contributed by atoms with E-state index in [1.165, 1.54) is 0 Å². The Balaban J connectivity index is 2.44. The molecule has 0 saturated heterocycles. The number of nitrogens with two attached hydrogens (primary N) is 1. The molecular weight excluding hydrogens is 210 g/mol. The molecule has 0 aliphatic heterocycles. The van der Waals surface area contributed by atoms with Gasteiger partial charge in [-0.3, -0.25) is 5.10 Å². The van der Waals surface area contributed by atoms with Crippen LogP contribution in [0.4, 0.5) is 5.82 Å². The molecule has 2 aromatic rings. The van der Waals surface area contributed by atoms with Gasteiger partial charge in [-0.25, -0.2) is 0 Å². The normalized spacial score (nSPS) is 10.5. The molecule has 0 aliphatic carbocycles. The van der Waals surface area contributed by atoms with Gasteiger partial charge in [-0.2, -0.15) is 5.10 Å². The summed E-state index contributed by atoms with van der Waals surface area (Å²) < 4.78 is 5.14. The molecule has 2 heterocycles. The molecule has 2 aromatic heterocycles. The van der Waals surface area contributed by atoms with Crippen molar-refractivity contribution < 1.29 is 4.74 Å². The van der Waals surface area contributed by atoms with Crippen molar-refractivity contribution in [1.29, 1.82) is 0 Å². The van der Waals surface area contributed by atoms with Crippen molar-refractivity contribution in [1.82, 2.24) is 10.2 Å². The number of nitrogen functional groups attached to an aromatic ring is 1. The molecule has 0 unspecified atom stereocenters. The molecule has 0 amide bonds. The first-order chi connectivity index (χ1) is 7.26. The Morgan fingerprint density at radius 2 is 2.40 bits per heavy atom. The third-order valence-corrected chi connectivity index (χ3v) is 3.24. The number of aromatic nitrogens is 2. The highest BCUT2D eigenvalue weighted by Crippen LogP contribution is 2.33. The van der Waals surface area contributed by atoms with Gasteiger partial charge in [0.25, 0.3) is 0 Å². The highest BCUT2D eigenvalue weighted by molar-refractivity contribution is 7.13. The molecule has 0 aliphatic rings. The second-order valence-corrected chi connectivity index (χ2v) is 4.08. The fourth-order valence-corrected chi connectivity index (χ4v) is 2.38. The molecule has 0 bridgehead atoms. The maximum atomic E-state index is 5.76. The van der Waals surface area contributed by atoms with Crippen LogP contribution in [-0.2, 0) is 6.42 Å². The monoisotopic (exact) mass is 223 g/mol. The van der Waals surface area contributed by atoms with Crippen LogP contribution in [-0.4, -0.2) is 17.3 Å². The van der Waals surface area contributed by atoms with Gasteiger partial charge in [0.15, 0.2) is 0 Å². The summed E-state index contributed by atoms with van der Waals surface area (Å²) in [7, 11) is 1.66. The van der Waals surface area contributed by atoms with E-state index in [9.17, 15) is 0 Å². The van der Waals surface area contributed by atoms with Crippen molar-refractivity contribution in [3.8, 4) is 16.3 Å². The summed E-state index contributed by atoms with van der Waals surface area (Å²) in [5.74, 6) is 1.45. The lowest BCUT2D eigenvalue weighted by Gasteiger charge is -1.97. The summed E-state index contributed by atoms with van der Waals surface area (Å²) in [5, 5.41) is 8.94. The maximum Gasteiger partial charge on any atom is 0.149 e. The number of methoxy groups -OCH3 is 1. The fraction of sp³-hybridized carbons (Fsp3) is 0.300. The van der Waals surface area contributed by atoms with Crippen LogP contribution in [0.5, 0.6) is 5.75 Å². The van der Waals surface area contributed by atoms with Crippen LogP contribution in [0.1, 0.15) is 12.5 Å². The number of thiophene rings is 1. The first-order valence-electron chi connectivity index (χ1n) is 4.71. The quantitative estimate of drug-likeness (QED) is 0.839. The van der Waals surface area contributed by atoms with E-state index in [1.54, 1.807) is 18.4 Å². The highest BCUT2D eigenvalue weighted by atomic mass is 32.1. The molecule has 0 saturated carbocycles. The minimum atomic E-state index is 0.583. The molecule has 0 spiro atoms. The minimum absolute atomic E-state index is 0.583. The number of rotatable bonds is 3. The van der Waals surface area contributed by atoms with Gasteiger partial charge in [-0.1, -0.05) is 6.92 Å². The van der Waals surface area contributed by atoms with E-state index in [2.05, 4.69) is 17.1 Å². The molecule has 3 N–H and O–H groups in total. The van der Waals surface area contributed by atoms with Crippen molar-refractivity contribution in [3.05, 3.63) is 17.0 Å². The predicted octanol–water partition coefficient (Wildman–Crippen LogP) is 2.29. The minimum Gasteiger partial charge on any atom is -0.496 e. The van der Waals surface area contributed by atoms with Crippen LogP contribution < -0.4 is 10.5 Å². The second-order valence-electron chi connectivity index (χ2n) is 3.17. The van der Waals surface area contributed by atoms with Crippen LogP contribution in [0.2, 0.25) is 0 Å². The van der Waals surface area contributed by atoms with Crippen LogP contribution in [0, 0.1) is 0 Å². The van der Waals surface area contributed by atoms with E-state index in [0.29, 0.717) is 5.82 Å². The number of nitrogens with one attached hydrogen (secondary N) is 1. The van der Waals surface area contributed by atoms with E-state index >= 15 is 0 Å². The smallest absolute Gasteiger partial charge is 0.149 e. The molecule has 80 valence electrons.